The molecule has 0 bridgehead atoms. The molecule has 1 unspecified atom stereocenters. The van der Waals surface area contributed by atoms with E-state index in [0.29, 0.717) is 12.1 Å². The van der Waals surface area contributed by atoms with Gasteiger partial charge in [0.1, 0.15) is 5.15 Å². The fraction of sp³-hybridized carbons (Fsp3) is 0.250. The zero-order valence-corrected chi connectivity index (χ0v) is 12.8. The number of primary amides is 1. The summed E-state index contributed by atoms with van der Waals surface area (Å²) in [6.07, 6.45) is 1.51. The van der Waals surface area contributed by atoms with Gasteiger partial charge in [-0.25, -0.2) is 13.8 Å². The number of benzene rings is 1. The monoisotopic (exact) mass is 337 g/mol. The van der Waals surface area contributed by atoms with Crippen molar-refractivity contribution in [3.8, 4) is 0 Å². The number of nitrogens with one attached hydrogen (secondary N) is 1. The van der Waals surface area contributed by atoms with Crippen molar-refractivity contribution in [2.24, 2.45) is 5.73 Å². The number of aryl methyl sites for hydroxylation is 1. The van der Waals surface area contributed by atoms with Crippen molar-refractivity contribution >= 4 is 17.5 Å². The van der Waals surface area contributed by atoms with E-state index in [0.717, 1.165) is 36.2 Å². The van der Waals surface area contributed by atoms with Crippen LogP contribution in [0.4, 0.5) is 8.78 Å². The van der Waals surface area contributed by atoms with Crippen LogP contribution in [0, 0.1) is 11.6 Å². The summed E-state index contributed by atoms with van der Waals surface area (Å²) in [6.45, 7) is 0.371. The number of carbonyl (C=O) groups excluding carboxylic acids is 1. The van der Waals surface area contributed by atoms with Crippen LogP contribution in [0.5, 0.6) is 0 Å². The lowest BCUT2D eigenvalue weighted by atomic mass is 10.1. The molecule has 0 radical (unpaired) electrons. The fourth-order valence-electron chi connectivity index (χ4n) is 2.76. The van der Waals surface area contributed by atoms with Gasteiger partial charge in [-0.15, -0.1) is 0 Å². The zero-order chi connectivity index (χ0) is 16.6. The molecule has 7 heteroatoms. The molecule has 0 fully saturated rings. The topological polar surface area (TPSA) is 68.0 Å². The summed E-state index contributed by atoms with van der Waals surface area (Å²) < 4.78 is 26.2. The second-order valence-electron chi connectivity index (χ2n) is 5.45. The lowest BCUT2D eigenvalue weighted by Crippen LogP contribution is -2.20. The van der Waals surface area contributed by atoms with Crippen LogP contribution in [0.25, 0.3) is 0 Å². The first-order valence-corrected chi connectivity index (χ1v) is 7.50. The summed E-state index contributed by atoms with van der Waals surface area (Å²) in [7, 11) is 0. The van der Waals surface area contributed by atoms with Crippen molar-refractivity contribution < 1.29 is 13.6 Å². The van der Waals surface area contributed by atoms with Gasteiger partial charge in [0.15, 0.2) is 11.6 Å². The maximum atomic E-state index is 13.2. The molecule has 1 aliphatic rings. The Morgan fingerprint density at radius 2 is 2.13 bits per heavy atom. The van der Waals surface area contributed by atoms with E-state index < -0.39 is 17.5 Å². The lowest BCUT2D eigenvalue weighted by Gasteiger charge is -2.15. The third-order valence-corrected chi connectivity index (χ3v) is 4.22. The number of hydrogen-bond acceptors (Lipinski definition) is 3. The van der Waals surface area contributed by atoms with Crippen molar-refractivity contribution in [3.05, 3.63) is 63.4 Å². The fourth-order valence-corrected chi connectivity index (χ4v) is 3.01. The molecular weight excluding hydrogens is 324 g/mol. The molecule has 0 saturated heterocycles. The van der Waals surface area contributed by atoms with Crippen LogP contribution in [0.1, 0.15) is 39.6 Å². The Morgan fingerprint density at radius 3 is 2.83 bits per heavy atom. The van der Waals surface area contributed by atoms with Gasteiger partial charge in [-0.05, 0) is 42.2 Å². The molecule has 3 rings (SSSR count). The molecule has 2 aromatic rings. The number of nitrogens with zero attached hydrogens (tertiary/aromatic N) is 1. The van der Waals surface area contributed by atoms with Gasteiger partial charge in [0.2, 0.25) is 0 Å². The third kappa shape index (κ3) is 3.18. The van der Waals surface area contributed by atoms with Crippen LogP contribution in [0.2, 0.25) is 5.15 Å². The summed E-state index contributed by atoms with van der Waals surface area (Å²) >= 11 is 5.95. The number of aromatic nitrogens is 1. The molecule has 1 atom stereocenters. The summed E-state index contributed by atoms with van der Waals surface area (Å²) in [6, 6.07) is 5.40. The largest absolute Gasteiger partial charge is 0.366 e. The SMILES string of the molecule is NC(=O)c1cc2c(nc1Cl)CCC2NCc1ccc(F)c(F)c1. The highest BCUT2D eigenvalue weighted by Gasteiger charge is 2.26. The lowest BCUT2D eigenvalue weighted by molar-refractivity contribution is 0.1000. The van der Waals surface area contributed by atoms with Crippen molar-refractivity contribution in [1.82, 2.24) is 10.3 Å². The number of hydrogen-bond donors (Lipinski definition) is 2. The minimum Gasteiger partial charge on any atom is -0.366 e. The van der Waals surface area contributed by atoms with Gasteiger partial charge in [0, 0.05) is 18.3 Å². The van der Waals surface area contributed by atoms with Crippen LogP contribution < -0.4 is 11.1 Å². The molecule has 1 amide bonds. The first-order valence-electron chi connectivity index (χ1n) is 7.12. The van der Waals surface area contributed by atoms with Crippen molar-refractivity contribution in [1.29, 1.82) is 0 Å². The quantitative estimate of drug-likeness (QED) is 0.843. The molecule has 1 aromatic heterocycles. The van der Waals surface area contributed by atoms with Gasteiger partial charge >= 0.3 is 0 Å². The standard InChI is InChI=1S/C16H14ClF2N3O/c17-15-10(16(20)23)6-9-13(3-4-14(9)22-15)21-7-8-1-2-11(18)12(19)5-8/h1-2,5-6,13,21H,3-4,7H2,(H2,20,23). The van der Waals surface area contributed by atoms with Crippen molar-refractivity contribution in [2.75, 3.05) is 0 Å². The maximum absolute atomic E-state index is 13.2. The van der Waals surface area contributed by atoms with Gasteiger partial charge in [-0.1, -0.05) is 17.7 Å². The molecule has 120 valence electrons. The number of halogens is 3. The Hall–Kier alpha value is -2.05. The minimum atomic E-state index is -0.874. The molecule has 0 spiro atoms. The van der Waals surface area contributed by atoms with E-state index in [1.807, 2.05) is 0 Å². The highest BCUT2D eigenvalue weighted by Crippen LogP contribution is 2.32. The summed E-state index contributed by atoms with van der Waals surface area (Å²) in [5, 5.41) is 3.37. The van der Waals surface area contributed by atoms with E-state index >= 15 is 0 Å². The molecule has 0 aliphatic heterocycles. The number of pyridine rings is 1. The first-order chi connectivity index (χ1) is 11.0. The highest BCUT2D eigenvalue weighted by molar-refractivity contribution is 6.32. The Labute approximate surface area is 136 Å². The predicted molar refractivity (Wildman–Crippen MR) is 82.0 cm³/mol. The van der Waals surface area contributed by atoms with E-state index in [2.05, 4.69) is 10.3 Å². The average molecular weight is 338 g/mol. The summed E-state index contributed by atoms with van der Waals surface area (Å²) in [5.41, 5.74) is 7.80. The Balaban J connectivity index is 1.78. The van der Waals surface area contributed by atoms with Gasteiger partial charge in [0.25, 0.3) is 5.91 Å². The predicted octanol–water partition coefficient (Wildman–Crippen LogP) is 2.89. The van der Waals surface area contributed by atoms with Crippen LogP contribution >= 0.6 is 11.6 Å². The van der Waals surface area contributed by atoms with Gasteiger partial charge < -0.3 is 11.1 Å². The molecule has 1 aromatic carbocycles. The number of fused-ring (bicyclic) bond motifs is 1. The molecule has 1 heterocycles. The van der Waals surface area contributed by atoms with Crippen LogP contribution in [-0.4, -0.2) is 10.9 Å². The molecule has 23 heavy (non-hydrogen) atoms. The molecule has 1 aliphatic carbocycles. The second-order valence-corrected chi connectivity index (χ2v) is 5.81. The Bertz CT molecular complexity index is 782. The minimum absolute atomic E-state index is 0.0408. The van der Waals surface area contributed by atoms with E-state index in [1.165, 1.54) is 6.07 Å². The van der Waals surface area contributed by atoms with E-state index in [1.54, 1.807) is 6.07 Å². The number of rotatable bonds is 4. The summed E-state index contributed by atoms with van der Waals surface area (Å²) in [4.78, 5) is 15.6. The molecule has 3 N–H and O–H groups in total. The summed E-state index contributed by atoms with van der Waals surface area (Å²) in [5.74, 6) is -2.37. The number of carbonyl (C=O) groups is 1. The normalized spacial score (nSPS) is 16.4. The van der Waals surface area contributed by atoms with E-state index in [-0.39, 0.29) is 16.8 Å². The Morgan fingerprint density at radius 1 is 1.35 bits per heavy atom. The van der Waals surface area contributed by atoms with Crippen molar-refractivity contribution in [3.63, 3.8) is 0 Å². The van der Waals surface area contributed by atoms with Gasteiger partial charge in [-0.2, -0.15) is 0 Å². The average Bonchev–Trinajstić information content (AvgIpc) is 2.89. The van der Waals surface area contributed by atoms with Crippen LogP contribution in [0.3, 0.4) is 0 Å². The molecule has 4 nitrogen and oxygen atoms in total. The van der Waals surface area contributed by atoms with E-state index in [4.69, 9.17) is 17.3 Å². The van der Waals surface area contributed by atoms with Gasteiger partial charge in [-0.3, -0.25) is 4.79 Å². The smallest absolute Gasteiger partial charge is 0.251 e. The van der Waals surface area contributed by atoms with Gasteiger partial charge in [0.05, 0.1) is 5.56 Å². The molecular formula is C16H14ClF2N3O. The first kappa shape index (κ1) is 15.8. The number of nitrogens with two attached hydrogens (primary N) is 1. The third-order valence-electron chi connectivity index (χ3n) is 3.94. The number of amides is 1. The zero-order valence-electron chi connectivity index (χ0n) is 12.1. The van der Waals surface area contributed by atoms with Crippen molar-refractivity contribution in [2.45, 2.75) is 25.4 Å². The Kier molecular flexibility index (Phi) is 4.28. The molecule has 0 saturated carbocycles. The maximum Gasteiger partial charge on any atom is 0.251 e. The second kappa shape index (κ2) is 6.22. The van der Waals surface area contributed by atoms with Crippen LogP contribution in [0.15, 0.2) is 24.3 Å². The van der Waals surface area contributed by atoms with E-state index in [9.17, 15) is 13.6 Å². The highest BCUT2D eigenvalue weighted by atomic mass is 35.5. The van der Waals surface area contributed by atoms with Crippen LogP contribution in [-0.2, 0) is 13.0 Å².